The van der Waals surface area contributed by atoms with E-state index in [1.165, 1.54) is 31.4 Å². The highest BCUT2D eigenvalue weighted by atomic mass is 32.2. The third-order valence-electron chi connectivity index (χ3n) is 5.79. The molecule has 0 unspecified atom stereocenters. The zero-order valence-corrected chi connectivity index (χ0v) is 19.8. The summed E-state index contributed by atoms with van der Waals surface area (Å²) in [7, 11) is 1.19. The quantitative estimate of drug-likeness (QED) is 0.315. The Morgan fingerprint density at radius 1 is 0.941 bits per heavy atom. The molecular weight excluding hydrogens is 452 g/mol. The van der Waals surface area contributed by atoms with E-state index in [2.05, 4.69) is 17.2 Å². The Bertz CT molecular complexity index is 1530. The zero-order chi connectivity index (χ0) is 24.6. The molecule has 4 aromatic rings. The summed E-state index contributed by atoms with van der Waals surface area (Å²) in [5.74, 6) is 0.649. The van der Waals surface area contributed by atoms with Crippen molar-refractivity contribution in [3.8, 4) is 22.8 Å². The summed E-state index contributed by atoms with van der Waals surface area (Å²) in [6.45, 7) is 4.02. The van der Waals surface area contributed by atoms with Crippen LogP contribution in [0, 0.1) is 0 Å². The average Bonchev–Trinajstić information content (AvgIpc) is 3.18. The van der Waals surface area contributed by atoms with Crippen molar-refractivity contribution in [3.05, 3.63) is 84.4 Å². The largest absolute Gasteiger partial charge is 0.496 e. The molecule has 1 heterocycles. The number of ketones is 1. The third kappa shape index (κ3) is 4.09. The lowest BCUT2D eigenvalue weighted by Crippen LogP contribution is -2.12. The van der Waals surface area contributed by atoms with Crippen molar-refractivity contribution in [2.45, 2.75) is 4.90 Å². The second-order valence-electron chi connectivity index (χ2n) is 7.78. The normalized spacial score (nSPS) is 11.4. The molecule has 0 amide bonds. The monoisotopic (exact) mass is 476 g/mol. The summed E-state index contributed by atoms with van der Waals surface area (Å²) in [4.78, 5) is 13.1. The van der Waals surface area contributed by atoms with Crippen LogP contribution in [0.3, 0.4) is 0 Å². The maximum Gasteiger partial charge on any atom is 0.238 e. The van der Waals surface area contributed by atoms with E-state index in [-0.39, 0.29) is 21.8 Å². The number of allylic oxidation sites excluding steroid dienone is 1. The number of fused-ring (bicyclic) bond motifs is 1. The van der Waals surface area contributed by atoms with Gasteiger partial charge < -0.3 is 14.0 Å². The zero-order valence-electron chi connectivity index (χ0n) is 19.0. The van der Waals surface area contributed by atoms with Crippen LogP contribution in [0.4, 0.5) is 0 Å². The van der Waals surface area contributed by atoms with Gasteiger partial charge in [-0.1, -0.05) is 24.8 Å². The number of carbonyl (C=O) groups is 1. The number of hydrogen-bond acceptors (Lipinski definition) is 5. The number of sulfonamides is 1. The number of nitrogens with zero attached hydrogens (tertiary/aromatic N) is 1. The number of benzene rings is 3. The summed E-state index contributed by atoms with van der Waals surface area (Å²) >= 11 is 0. The number of Topliss-reactive ketones (excluding diaryl/α,β-unsaturated/α-hetero) is 1. The number of primary sulfonamides is 1. The number of methoxy groups -OCH3 is 2. The number of para-hydroxylation sites is 1. The van der Waals surface area contributed by atoms with Gasteiger partial charge in [-0.2, -0.15) is 0 Å². The molecule has 4 rings (SSSR count). The van der Waals surface area contributed by atoms with Crippen LogP contribution in [0.5, 0.6) is 11.5 Å². The molecule has 8 heteroatoms. The third-order valence-corrected chi connectivity index (χ3v) is 6.72. The minimum Gasteiger partial charge on any atom is -0.496 e. The van der Waals surface area contributed by atoms with Crippen LogP contribution in [-0.4, -0.2) is 33.0 Å². The minimum atomic E-state index is -3.86. The van der Waals surface area contributed by atoms with Crippen LogP contribution in [0.1, 0.15) is 15.9 Å². The van der Waals surface area contributed by atoms with Crippen molar-refractivity contribution >= 4 is 32.3 Å². The second-order valence-corrected chi connectivity index (χ2v) is 9.34. The number of aryl methyl sites for hydroxylation is 1. The predicted molar refractivity (Wildman–Crippen MR) is 133 cm³/mol. The Hall–Kier alpha value is -3.88. The van der Waals surface area contributed by atoms with Gasteiger partial charge in [-0.15, -0.1) is 0 Å². The van der Waals surface area contributed by atoms with E-state index in [9.17, 15) is 13.2 Å². The number of carbonyl (C=O) groups excluding carboxylic acids is 1. The molecule has 0 bridgehead atoms. The molecule has 2 N–H and O–H groups in total. The van der Waals surface area contributed by atoms with Gasteiger partial charge in [0.2, 0.25) is 10.0 Å². The summed E-state index contributed by atoms with van der Waals surface area (Å²) in [6, 6.07) is 19.0. The van der Waals surface area contributed by atoms with Crippen molar-refractivity contribution in [2.75, 3.05) is 14.2 Å². The molecule has 1 aromatic heterocycles. The van der Waals surface area contributed by atoms with Crippen molar-refractivity contribution in [1.82, 2.24) is 4.57 Å². The molecule has 0 saturated carbocycles. The van der Waals surface area contributed by atoms with Crippen LogP contribution >= 0.6 is 0 Å². The van der Waals surface area contributed by atoms with Gasteiger partial charge in [0.05, 0.1) is 24.8 Å². The Kier molecular flexibility index (Phi) is 6.03. The highest BCUT2D eigenvalue weighted by molar-refractivity contribution is 7.89. The summed E-state index contributed by atoms with van der Waals surface area (Å²) < 4.78 is 36.3. The maximum absolute atomic E-state index is 13.2. The van der Waals surface area contributed by atoms with Crippen LogP contribution in [0.2, 0.25) is 0 Å². The van der Waals surface area contributed by atoms with Crippen LogP contribution in [0.25, 0.3) is 27.7 Å². The van der Waals surface area contributed by atoms with E-state index >= 15 is 0 Å². The topological polar surface area (TPSA) is 101 Å². The molecule has 0 atom stereocenters. The molecule has 0 fully saturated rings. The Labute approximate surface area is 198 Å². The smallest absolute Gasteiger partial charge is 0.238 e. The fourth-order valence-corrected chi connectivity index (χ4v) is 4.49. The predicted octanol–water partition coefficient (Wildman–Crippen LogP) is 4.41. The van der Waals surface area contributed by atoms with Gasteiger partial charge in [0.15, 0.2) is 5.78 Å². The lowest BCUT2D eigenvalue weighted by atomic mass is 9.94. The maximum atomic E-state index is 13.2. The van der Waals surface area contributed by atoms with Gasteiger partial charge in [0.1, 0.15) is 11.5 Å². The lowest BCUT2D eigenvalue weighted by Gasteiger charge is -2.17. The van der Waals surface area contributed by atoms with Crippen molar-refractivity contribution < 1.29 is 22.7 Å². The van der Waals surface area contributed by atoms with Gasteiger partial charge in [-0.25, -0.2) is 13.6 Å². The molecule has 0 saturated heterocycles. The Morgan fingerprint density at radius 3 is 2.18 bits per heavy atom. The molecule has 0 aliphatic carbocycles. The summed E-state index contributed by atoms with van der Waals surface area (Å²) in [6.07, 6.45) is 0. The summed E-state index contributed by atoms with van der Waals surface area (Å²) in [5, 5.41) is 6.22. The first kappa shape index (κ1) is 23.3. The molecule has 0 aliphatic heterocycles. The van der Waals surface area contributed by atoms with E-state index in [4.69, 9.17) is 14.6 Å². The number of nitrogens with two attached hydrogens (primary N) is 1. The van der Waals surface area contributed by atoms with Crippen LogP contribution < -0.4 is 14.6 Å². The van der Waals surface area contributed by atoms with E-state index in [1.807, 2.05) is 37.4 Å². The first-order valence-corrected chi connectivity index (χ1v) is 11.9. The van der Waals surface area contributed by atoms with Crippen LogP contribution in [-0.2, 0) is 17.1 Å². The molecule has 0 spiro atoms. The van der Waals surface area contributed by atoms with E-state index in [0.29, 0.717) is 17.1 Å². The number of rotatable bonds is 7. The van der Waals surface area contributed by atoms with Gasteiger partial charge in [-0.3, -0.25) is 4.79 Å². The van der Waals surface area contributed by atoms with Crippen molar-refractivity contribution in [1.29, 1.82) is 0 Å². The molecular formula is C26H24N2O5S. The average molecular weight is 477 g/mol. The molecule has 7 nitrogen and oxygen atoms in total. The molecule has 34 heavy (non-hydrogen) atoms. The Morgan fingerprint density at radius 2 is 1.59 bits per heavy atom. The summed E-state index contributed by atoms with van der Waals surface area (Å²) in [5.41, 5.74) is 3.71. The Balaban J connectivity index is 1.82. The first-order chi connectivity index (χ1) is 16.2. The number of ether oxygens (including phenoxy) is 2. The minimum absolute atomic E-state index is 0.0743. The first-order valence-electron chi connectivity index (χ1n) is 10.3. The number of hydrogen-bond donors (Lipinski definition) is 1. The van der Waals surface area contributed by atoms with Gasteiger partial charge in [-0.05, 0) is 42.5 Å². The van der Waals surface area contributed by atoms with Gasteiger partial charge in [0, 0.05) is 46.3 Å². The van der Waals surface area contributed by atoms with Gasteiger partial charge >= 0.3 is 0 Å². The molecule has 0 radical (unpaired) electrons. The highest BCUT2D eigenvalue weighted by Crippen LogP contribution is 2.40. The van der Waals surface area contributed by atoms with E-state index in [0.717, 1.165) is 22.2 Å². The standard InChI is InChI=1S/C26H24N2O5S/c1-16(26(29)17-9-11-19(12-10-17)34(27,30)31)20-14-21(25(33-4)15-24(20)32-3)23-13-18-7-5-6-8-22(18)28(23)2/h5-15H,1H2,2-4H3,(H2,27,30,31). The fourth-order valence-electron chi connectivity index (χ4n) is 3.97. The van der Waals surface area contributed by atoms with E-state index in [1.54, 1.807) is 13.2 Å². The van der Waals surface area contributed by atoms with Crippen molar-refractivity contribution in [2.24, 2.45) is 12.2 Å². The van der Waals surface area contributed by atoms with Crippen LogP contribution in [0.15, 0.2) is 78.2 Å². The van der Waals surface area contributed by atoms with E-state index < -0.39 is 10.0 Å². The SMILES string of the molecule is C=C(C(=O)c1ccc(S(N)(=O)=O)cc1)c1cc(-c2cc3ccccc3n2C)c(OC)cc1OC. The lowest BCUT2D eigenvalue weighted by molar-refractivity contribution is 0.105. The van der Waals surface area contributed by atoms with Crippen molar-refractivity contribution in [3.63, 3.8) is 0 Å². The molecule has 3 aromatic carbocycles. The number of aromatic nitrogens is 1. The second kappa shape index (κ2) is 8.81. The molecule has 0 aliphatic rings. The highest BCUT2D eigenvalue weighted by Gasteiger charge is 2.22. The molecule has 174 valence electrons. The fraction of sp³-hybridized carbons (Fsp3) is 0.115. The van der Waals surface area contributed by atoms with Gasteiger partial charge in [0.25, 0.3) is 0 Å².